The van der Waals surface area contributed by atoms with Gasteiger partial charge in [0.25, 0.3) is 0 Å². The van der Waals surface area contributed by atoms with E-state index in [-0.39, 0.29) is 11.3 Å². The number of rotatable bonds is 4. The van der Waals surface area contributed by atoms with E-state index in [0.29, 0.717) is 0 Å². The zero-order valence-electron chi connectivity index (χ0n) is 10.9. The highest BCUT2D eigenvalue weighted by Crippen LogP contribution is 2.18. The van der Waals surface area contributed by atoms with Crippen LogP contribution < -0.4 is 0 Å². The van der Waals surface area contributed by atoms with Gasteiger partial charge in [0.05, 0.1) is 11.3 Å². The molecule has 0 fully saturated rings. The molecule has 2 rings (SSSR count). The summed E-state index contributed by atoms with van der Waals surface area (Å²) in [6.07, 6.45) is 1.50. The summed E-state index contributed by atoms with van der Waals surface area (Å²) in [7, 11) is 0. The molecule has 0 bridgehead atoms. The van der Waals surface area contributed by atoms with Gasteiger partial charge in [0.15, 0.2) is 0 Å². The van der Waals surface area contributed by atoms with Crippen molar-refractivity contribution in [3.63, 3.8) is 0 Å². The van der Waals surface area contributed by atoms with Crippen LogP contribution in [-0.2, 0) is 12.8 Å². The molecule has 0 atom stereocenters. The molecule has 1 heterocycles. The average molecular weight is 262 g/mol. The van der Waals surface area contributed by atoms with Gasteiger partial charge in [-0.05, 0) is 37.1 Å². The van der Waals surface area contributed by atoms with E-state index in [0.717, 1.165) is 30.3 Å². The first-order valence-corrected chi connectivity index (χ1v) is 6.17. The summed E-state index contributed by atoms with van der Waals surface area (Å²) in [6.45, 7) is 3.95. The number of hydrogen-bond acceptors (Lipinski definition) is 2. The topological polar surface area (TPSA) is 55.1 Å². The van der Waals surface area contributed by atoms with Crippen LogP contribution >= 0.6 is 0 Å². The SMILES string of the molecule is CCc1cc(CC)n(-c2ccc(C(=O)O)cc2F)n1. The molecule has 0 spiro atoms. The van der Waals surface area contributed by atoms with Crippen molar-refractivity contribution in [2.45, 2.75) is 26.7 Å². The predicted octanol–water partition coefficient (Wildman–Crippen LogP) is 2.83. The molecule has 0 amide bonds. The van der Waals surface area contributed by atoms with E-state index < -0.39 is 11.8 Å². The van der Waals surface area contributed by atoms with Gasteiger partial charge in [-0.3, -0.25) is 0 Å². The molecule has 19 heavy (non-hydrogen) atoms. The van der Waals surface area contributed by atoms with Gasteiger partial charge >= 0.3 is 5.97 Å². The number of aromatic nitrogens is 2. The molecule has 0 radical (unpaired) electrons. The Bertz CT molecular complexity index is 620. The zero-order valence-corrected chi connectivity index (χ0v) is 10.9. The monoisotopic (exact) mass is 262 g/mol. The molecular weight excluding hydrogens is 247 g/mol. The van der Waals surface area contributed by atoms with Gasteiger partial charge in [0.1, 0.15) is 11.5 Å². The molecule has 5 heteroatoms. The van der Waals surface area contributed by atoms with Crippen LogP contribution in [0.25, 0.3) is 5.69 Å². The molecule has 0 saturated heterocycles. The van der Waals surface area contributed by atoms with E-state index in [1.165, 1.54) is 12.1 Å². The van der Waals surface area contributed by atoms with Gasteiger partial charge in [0, 0.05) is 5.69 Å². The van der Waals surface area contributed by atoms with Crippen LogP contribution in [0.1, 0.15) is 35.6 Å². The summed E-state index contributed by atoms with van der Waals surface area (Å²) in [6, 6.07) is 5.78. The van der Waals surface area contributed by atoms with Gasteiger partial charge < -0.3 is 5.11 Å². The number of aromatic carboxylic acids is 1. The highest BCUT2D eigenvalue weighted by atomic mass is 19.1. The van der Waals surface area contributed by atoms with E-state index in [2.05, 4.69) is 5.10 Å². The van der Waals surface area contributed by atoms with Crippen molar-refractivity contribution >= 4 is 5.97 Å². The third-order valence-corrected chi connectivity index (χ3v) is 2.98. The van der Waals surface area contributed by atoms with Crippen LogP contribution in [0, 0.1) is 5.82 Å². The zero-order chi connectivity index (χ0) is 14.0. The number of halogens is 1. The lowest BCUT2D eigenvalue weighted by Gasteiger charge is -2.07. The van der Waals surface area contributed by atoms with Crippen LogP contribution in [0.4, 0.5) is 4.39 Å². The minimum atomic E-state index is -1.14. The second-order valence-corrected chi connectivity index (χ2v) is 4.22. The number of carbonyl (C=O) groups is 1. The first kappa shape index (κ1) is 13.3. The fourth-order valence-electron chi connectivity index (χ4n) is 1.92. The average Bonchev–Trinajstić information content (AvgIpc) is 2.81. The Kier molecular flexibility index (Phi) is 3.64. The molecule has 0 aliphatic heterocycles. The maximum atomic E-state index is 14.0. The molecule has 1 N–H and O–H groups in total. The Morgan fingerprint density at radius 3 is 2.58 bits per heavy atom. The van der Waals surface area contributed by atoms with Crippen molar-refractivity contribution in [1.29, 1.82) is 0 Å². The molecule has 4 nitrogen and oxygen atoms in total. The van der Waals surface area contributed by atoms with E-state index in [1.807, 2.05) is 19.9 Å². The summed E-state index contributed by atoms with van der Waals surface area (Å²) in [5, 5.41) is 13.2. The quantitative estimate of drug-likeness (QED) is 0.921. The van der Waals surface area contributed by atoms with Crippen LogP contribution in [0.3, 0.4) is 0 Å². The highest BCUT2D eigenvalue weighted by molar-refractivity contribution is 5.87. The summed E-state index contributed by atoms with van der Waals surface area (Å²) >= 11 is 0. The number of benzene rings is 1. The third-order valence-electron chi connectivity index (χ3n) is 2.98. The Morgan fingerprint density at radius 1 is 1.32 bits per heavy atom. The van der Waals surface area contributed by atoms with Crippen molar-refractivity contribution in [1.82, 2.24) is 9.78 Å². The first-order valence-electron chi connectivity index (χ1n) is 6.17. The van der Waals surface area contributed by atoms with E-state index >= 15 is 0 Å². The predicted molar refractivity (Wildman–Crippen MR) is 69.2 cm³/mol. The Hall–Kier alpha value is -2.17. The molecule has 0 saturated carbocycles. The van der Waals surface area contributed by atoms with Crippen molar-refractivity contribution in [3.05, 3.63) is 47.0 Å². The number of carboxylic acid groups (broad SMARTS) is 1. The minimum absolute atomic E-state index is 0.0674. The standard InChI is InChI=1S/C14H15FN2O2/c1-3-10-8-11(4-2)17(16-10)13-6-5-9(14(18)19)7-12(13)15/h5-8H,3-4H2,1-2H3,(H,18,19). The molecule has 100 valence electrons. The molecule has 0 aliphatic rings. The van der Waals surface area contributed by atoms with Crippen LogP contribution in [0.2, 0.25) is 0 Å². The summed E-state index contributed by atoms with van der Waals surface area (Å²) in [4.78, 5) is 10.8. The van der Waals surface area contributed by atoms with Crippen molar-refractivity contribution < 1.29 is 14.3 Å². The normalized spacial score (nSPS) is 10.7. The Labute approximate surface area is 110 Å². The lowest BCUT2D eigenvalue weighted by atomic mass is 10.2. The summed E-state index contributed by atoms with van der Waals surface area (Å²) < 4.78 is 15.5. The van der Waals surface area contributed by atoms with Crippen LogP contribution in [0.15, 0.2) is 24.3 Å². The van der Waals surface area contributed by atoms with E-state index in [1.54, 1.807) is 4.68 Å². The third kappa shape index (κ3) is 2.50. The smallest absolute Gasteiger partial charge is 0.335 e. The maximum absolute atomic E-state index is 14.0. The number of aryl methyl sites for hydroxylation is 2. The first-order chi connectivity index (χ1) is 9.06. The molecule has 1 aromatic carbocycles. The fourth-order valence-corrected chi connectivity index (χ4v) is 1.92. The lowest BCUT2D eigenvalue weighted by Crippen LogP contribution is -2.06. The van der Waals surface area contributed by atoms with Gasteiger partial charge in [-0.15, -0.1) is 0 Å². The van der Waals surface area contributed by atoms with Gasteiger partial charge in [0.2, 0.25) is 0 Å². The number of hydrogen-bond donors (Lipinski definition) is 1. The Morgan fingerprint density at radius 2 is 2.05 bits per heavy atom. The molecule has 1 aromatic heterocycles. The van der Waals surface area contributed by atoms with Gasteiger partial charge in [-0.1, -0.05) is 13.8 Å². The van der Waals surface area contributed by atoms with Crippen molar-refractivity contribution in [3.8, 4) is 5.69 Å². The van der Waals surface area contributed by atoms with E-state index in [4.69, 9.17) is 5.11 Å². The highest BCUT2D eigenvalue weighted by Gasteiger charge is 2.13. The lowest BCUT2D eigenvalue weighted by molar-refractivity contribution is 0.0696. The maximum Gasteiger partial charge on any atom is 0.335 e. The molecule has 0 aliphatic carbocycles. The number of nitrogens with zero attached hydrogens (tertiary/aromatic N) is 2. The van der Waals surface area contributed by atoms with E-state index in [9.17, 15) is 9.18 Å². The number of carboxylic acids is 1. The Balaban J connectivity index is 2.52. The fraction of sp³-hybridized carbons (Fsp3) is 0.286. The van der Waals surface area contributed by atoms with Crippen molar-refractivity contribution in [2.24, 2.45) is 0 Å². The molecule has 0 unspecified atom stereocenters. The summed E-state index contributed by atoms with van der Waals surface area (Å²) in [5.41, 5.74) is 2.00. The largest absolute Gasteiger partial charge is 0.478 e. The minimum Gasteiger partial charge on any atom is -0.478 e. The second-order valence-electron chi connectivity index (χ2n) is 4.22. The van der Waals surface area contributed by atoms with Crippen LogP contribution in [0.5, 0.6) is 0 Å². The van der Waals surface area contributed by atoms with Crippen molar-refractivity contribution in [2.75, 3.05) is 0 Å². The molecular formula is C14H15FN2O2. The summed E-state index contributed by atoms with van der Waals surface area (Å²) in [5.74, 6) is -1.73. The second kappa shape index (κ2) is 5.22. The van der Waals surface area contributed by atoms with Gasteiger partial charge in [-0.2, -0.15) is 5.10 Å². The van der Waals surface area contributed by atoms with Crippen LogP contribution in [-0.4, -0.2) is 20.9 Å². The molecule has 2 aromatic rings. The van der Waals surface area contributed by atoms with Gasteiger partial charge in [-0.25, -0.2) is 13.9 Å².